The van der Waals surface area contributed by atoms with Gasteiger partial charge >= 0.3 is 5.69 Å². The number of pyridine rings is 2. The highest BCUT2D eigenvalue weighted by Gasteiger charge is 2.26. The fourth-order valence-electron chi connectivity index (χ4n) is 5.11. The Labute approximate surface area is 213 Å². The Morgan fingerprint density at radius 3 is 2.53 bits per heavy atom. The van der Waals surface area contributed by atoms with E-state index in [0.29, 0.717) is 40.0 Å². The van der Waals surface area contributed by atoms with E-state index >= 15 is 0 Å². The van der Waals surface area contributed by atoms with Crippen LogP contribution >= 0.6 is 11.6 Å². The number of aromatic nitrogens is 4. The number of para-hydroxylation sites is 2. The molecule has 1 fully saturated rings. The number of hydrogen-bond acceptors (Lipinski definition) is 4. The average Bonchev–Trinajstić information content (AvgIpc) is 3.13. The van der Waals surface area contributed by atoms with Crippen LogP contribution in [0, 0.1) is 25.7 Å². The number of imidazole rings is 1. The minimum Gasteiger partial charge on any atom is -0.349 e. The minimum absolute atomic E-state index is 0.0677. The normalized spacial score (nSPS) is 17.9. The number of aryl methyl sites for hydroxylation is 2. The van der Waals surface area contributed by atoms with Crippen LogP contribution in [-0.2, 0) is 6.54 Å². The molecule has 0 aliphatic heterocycles. The maximum Gasteiger partial charge on any atom is 0.333 e. The molecule has 0 atom stereocenters. The van der Waals surface area contributed by atoms with E-state index in [1.807, 2.05) is 28.8 Å². The van der Waals surface area contributed by atoms with Gasteiger partial charge in [-0.2, -0.15) is 4.39 Å². The first-order chi connectivity index (χ1) is 17.3. The maximum atomic E-state index is 13.6. The number of nitrogens with zero attached hydrogens (tertiary/aromatic N) is 4. The van der Waals surface area contributed by atoms with Crippen molar-refractivity contribution in [2.24, 2.45) is 5.92 Å². The van der Waals surface area contributed by atoms with Crippen LogP contribution < -0.4 is 11.0 Å². The smallest absolute Gasteiger partial charge is 0.333 e. The molecule has 1 aromatic carbocycles. The zero-order chi connectivity index (χ0) is 25.4. The molecular weight excluding hydrogens is 481 g/mol. The predicted octanol–water partition coefficient (Wildman–Crippen LogP) is 4.98. The van der Waals surface area contributed by atoms with Crippen LogP contribution in [0.3, 0.4) is 0 Å². The zero-order valence-electron chi connectivity index (χ0n) is 20.2. The molecule has 186 valence electrons. The van der Waals surface area contributed by atoms with Crippen molar-refractivity contribution in [2.75, 3.05) is 0 Å². The third-order valence-corrected chi connectivity index (χ3v) is 7.25. The van der Waals surface area contributed by atoms with Crippen LogP contribution in [0.1, 0.15) is 47.3 Å². The standard InChI is InChI=1S/C27H27ClFN5O2/c1-16-11-25(29)31-14-24(16)34-23-6-4-3-5-22(23)33(27(34)36)15-18-7-9-20(10-8-18)32-26(35)21-12-19(28)13-30-17(21)2/h3-6,11-14,18,20H,7-10,15H2,1-2H3,(H,32,35). The lowest BCUT2D eigenvalue weighted by Crippen LogP contribution is -2.39. The Morgan fingerprint density at radius 1 is 1.08 bits per heavy atom. The first-order valence-corrected chi connectivity index (χ1v) is 12.5. The van der Waals surface area contributed by atoms with Crippen molar-refractivity contribution in [3.63, 3.8) is 0 Å². The number of carbonyl (C=O) groups excluding carboxylic acids is 1. The van der Waals surface area contributed by atoms with E-state index in [9.17, 15) is 14.0 Å². The van der Waals surface area contributed by atoms with Crippen molar-refractivity contribution in [1.82, 2.24) is 24.4 Å². The summed E-state index contributed by atoms with van der Waals surface area (Å²) in [5, 5.41) is 3.55. The molecule has 0 unspecified atom stereocenters. The summed E-state index contributed by atoms with van der Waals surface area (Å²) in [6, 6.07) is 10.7. The molecule has 0 bridgehead atoms. The number of rotatable bonds is 5. The van der Waals surface area contributed by atoms with Gasteiger partial charge in [0.2, 0.25) is 5.95 Å². The van der Waals surface area contributed by atoms with E-state index in [-0.39, 0.29) is 17.6 Å². The molecule has 7 nitrogen and oxygen atoms in total. The van der Waals surface area contributed by atoms with Gasteiger partial charge in [-0.3, -0.25) is 18.9 Å². The van der Waals surface area contributed by atoms with Crippen molar-refractivity contribution in [1.29, 1.82) is 0 Å². The summed E-state index contributed by atoms with van der Waals surface area (Å²) in [7, 11) is 0. The Bertz CT molecular complexity index is 1500. The molecule has 1 aliphatic rings. The number of hydrogen-bond donors (Lipinski definition) is 1. The molecule has 9 heteroatoms. The average molecular weight is 508 g/mol. The lowest BCUT2D eigenvalue weighted by atomic mass is 9.85. The van der Waals surface area contributed by atoms with Gasteiger partial charge in [-0.15, -0.1) is 0 Å². The largest absolute Gasteiger partial charge is 0.349 e. The second-order valence-corrected chi connectivity index (χ2v) is 9.92. The van der Waals surface area contributed by atoms with Gasteiger partial charge in [0.1, 0.15) is 0 Å². The molecule has 0 saturated heterocycles. The van der Waals surface area contributed by atoms with Crippen molar-refractivity contribution in [2.45, 2.75) is 52.1 Å². The number of nitrogens with one attached hydrogen (secondary N) is 1. The molecule has 1 N–H and O–H groups in total. The minimum atomic E-state index is -0.571. The summed E-state index contributed by atoms with van der Waals surface area (Å²) in [5.74, 6) is -0.427. The molecule has 1 amide bonds. The Hall–Kier alpha value is -3.52. The molecule has 4 aromatic rings. The number of fused-ring (bicyclic) bond motifs is 1. The monoisotopic (exact) mass is 507 g/mol. The van der Waals surface area contributed by atoms with E-state index in [1.165, 1.54) is 18.5 Å². The van der Waals surface area contributed by atoms with Gasteiger partial charge in [0, 0.05) is 18.8 Å². The molecule has 3 heterocycles. The highest BCUT2D eigenvalue weighted by molar-refractivity contribution is 6.30. The lowest BCUT2D eigenvalue weighted by Gasteiger charge is -2.29. The summed E-state index contributed by atoms with van der Waals surface area (Å²) in [5.41, 5.74) is 3.81. The topological polar surface area (TPSA) is 81.8 Å². The summed E-state index contributed by atoms with van der Waals surface area (Å²) in [6.07, 6.45) is 6.39. The van der Waals surface area contributed by atoms with Crippen LogP contribution in [0.25, 0.3) is 16.7 Å². The first-order valence-electron chi connectivity index (χ1n) is 12.1. The molecule has 5 rings (SSSR count). The van der Waals surface area contributed by atoms with Crippen LogP contribution in [0.4, 0.5) is 4.39 Å². The SMILES string of the molecule is Cc1cc(F)ncc1-n1c(=O)n(CC2CCC(NC(=O)c3cc(Cl)cnc3C)CC2)c2ccccc21. The van der Waals surface area contributed by atoms with E-state index in [2.05, 4.69) is 15.3 Å². The molecule has 1 saturated carbocycles. The lowest BCUT2D eigenvalue weighted by molar-refractivity contribution is 0.0919. The zero-order valence-corrected chi connectivity index (χ0v) is 20.9. The maximum absolute atomic E-state index is 13.6. The first kappa shape index (κ1) is 24.2. The Balaban J connectivity index is 1.32. The van der Waals surface area contributed by atoms with Crippen LogP contribution in [0.5, 0.6) is 0 Å². The molecule has 1 aliphatic carbocycles. The third kappa shape index (κ3) is 4.65. The van der Waals surface area contributed by atoms with E-state index < -0.39 is 5.95 Å². The summed E-state index contributed by atoms with van der Waals surface area (Å²) in [4.78, 5) is 34.2. The highest BCUT2D eigenvalue weighted by atomic mass is 35.5. The fourth-order valence-corrected chi connectivity index (χ4v) is 5.27. The molecule has 36 heavy (non-hydrogen) atoms. The second-order valence-electron chi connectivity index (χ2n) is 9.49. The van der Waals surface area contributed by atoms with E-state index in [1.54, 1.807) is 24.5 Å². The van der Waals surface area contributed by atoms with Crippen molar-refractivity contribution in [3.05, 3.63) is 87.1 Å². The van der Waals surface area contributed by atoms with Gasteiger partial charge in [0.05, 0.1) is 39.2 Å². The molecule has 3 aromatic heterocycles. The summed E-state index contributed by atoms with van der Waals surface area (Å²) >= 11 is 6.02. The number of amides is 1. The van der Waals surface area contributed by atoms with Crippen LogP contribution in [0.15, 0.2) is 53.6 Å². The predicted molar refractivity (Wildman–Crippen MR) is 137 cm³/mol. The molecule has 0 radical (unpaired) electrons. The van der Waals surface area contributed by atoms with Crippen molar-refractivity contribution in [3.8, 4) is 5.69 Å². The third-order valence-electron chi connectivity index (χ3n) is 7.05. The van der Waals surface area contributed by atoms with Gasteiger partial charge in [0.25, 0.3) is 5.91 Å². The van der Waals surface area contributed by atoms with Gasteiger partial charge in [-0.05, 0) is 75.3 Å². The highest BCUT2D eigenvalue weighted by Crippen LogP contribution is 2.28. The van der Waals surface area contributed by atoms with Crippen LogP contribution in [-0.4, -0.2) is 31.1 Å². The van der Waals surface area contributed by atoms with Crippen LogP contribution in [0.2, 0.25) is 5.02 Å². The van der Waals surface area contributed by atoms with Crippen molar-refractivity contribution < 1.29 is 9.18 Å². The molecule has 0 spiro atoms. The van der Waals surface area contributed by atoms with Gasteiger partial charge in [0.15, 0.2) is 0 Å². The summed E-state index contributed by atoms with van der Waals surface area (Å²) in [6.45, 7) is 4.15. The number of carbonyl (C=O) groups is 1. The fraction of sp³-hybridized carbons (Fsp3) is 0.333. The van der Waals surface area contributed by atoms with Gasteiger partial charge < -0.3 is 5.32 Å². The summed E-state index contributed by atoms with van der Waals surface area (Å²) < 4.78 is 17.0. The van der Waals surface area contributed by atoms with E-state index in [4.69, 9.17) is 11.6 Å². The van der Waals surface area contributed by atoms with Gasteiger partial charge in [-0.25, -0.2) is 9.78 Å². The second kappa shape index (κ2) is 9.85. The molecular formula is C27H27ClFN5O2. The quantitative estimate of drug-likeness (QED) is 0.386. The van der Waals surface area contributed by atoms with Gasteiger partial charge in [-0.1, -0.05) is 23.7 Å². The Kier molecular flexibility index (Phi) is 6.62. The Morgan fingerprint density at radius 2 is 1.81 bits per heavy atom. The van der Waals surface area contributed by atoms with Crippen molar-refractivity contribution >= 4 is 28.5 Å². The number of benzene rings is 1. The number of halogens is 2. The van der Waals surface area contributed by atoms with E-state index in [0.717, 1.165) is 36.7 Å².